The summed E-state index contributed by atoms with van der Waals surface area (Å²) >= 11 is 0. The van der Waals surface area contributed by atoms with Crippen LogP contribution < -0.4 is 4.72 Å². The molecule has 2 N–H and O–H groups in total. The lowest BCUT2D eigenvalue weighted by Crippen LogP contribution is -2.16. The van der Waals surface area contributed by atoms with Crippen LogP contribution >= 0.6 is 0 Å². The van der Waals surface area contributed by atoms with Crippen molar-refractivity contribution in [3.05, 3.63) is 35.7 Å². The van der Waals surface area contributed by atoms with E-state index in [4.69, 9.17) is 0 Å². The molecule has 2 rings (SSSR count). The molecule has 0 amide bonds. The fourth-order valence-electron chi connectivity index (χ4n) is 1.22. The minimum Gasteiger partial charge on any atom is -0.271 e. The molecular formula is C9H8F2N4O2S. The maximum absolute atomic E-state index is 13.3. The molecule has 0 radical (unpaired) electrons. The largest absolute Gasteiger partial charge is 0.299 e. The predicted molar refractivity (Wildman–Crippen MR) is 58.3 cm³/mol. The second kappa shape index (κ2) is 4.33. The fourth-order valence-corrected chi connectivity index (χ4v) is 2.20. The molecule has 96 valence electrons. The number of aromatic nitrogens is 3. The van der Waals surface area contributed by atoms with Crippen molar-refractivity contribution >= 4 is 15.7 Å². The van der Waals surface area contributed by atoms with Gasteiger partial charge in [-0.05, 0) is 19.1 Å². The van der Waals surface area contributed by atoms with E-state index >= 15 is 0 Å². The van der Waals surface area contributed by atoms with Gasteiger partial charge in [0.15, 0.2) is 0 Å². The summed E-state index contributed by atoms with van der Waals surface area (Å²) in [5.41, 5.74) is -0.764. The lowest BCUT2D eigenvalue weighted by Gasteiger charge is -2.06. The van der Waals surface area contributed by atoms with Crippen molar-refractivity contribution < 1.29 is 17.2 Å². The molecule has 0 aliphatic heterocycles. The quantitative estimate of drug-likeness (QED) is 0.880. The molecule has 0 saturated heterocycles. The van der Waals surface area contributed by atoms with Crippen LogP contribution in [-0.4, -0.2) is 23.6 Å². The highest BCUT2D eigenvalue weighted by Gasteiger charge is 2.22. The maximum Gasteiger partial charge on any atom is 0.299 e. The Bertz CT molecular complexity index is 663. The van der Waals surface area contributed by atoms with Gasteiger partial charge >= 0.3 is 0 Å². The highest BCUT2D eigenvalue weighted by molar-refractivity contribution is 7.92. The zero-order valence-corrected chi connectivity index (χ0v) is 9.92. The molecule has 0 aliphatic carbocycles. The molecule has 0 aliphatic rings. The zero-order chi connectivity index (χ0) is 13.3. The van der Waals surface area contributed by atoms with Gasteiger partial charge in [-0.2, -0.15) is 8.42 Å². The second-order valence-corrected chi connectivity index (χ2v) is 4.98. The first kappa shape index (κ1) is 12.4. The number of rotatable bonds is 3. The third-order valence-corrected chi connectivity index (χ3v) is 3.15. The number of nitrogens with one attached hydrogen (secondary N) is 2. The molecular weight excluding hydrogens is 266 g/mol. The van der Waals surface area contributed by atoms with Crippen molar-refractivity contribution in [1.82, 2.24) is 15.2 Å². The van der Waals surface area contributed by atoms with Gasteiger partial charge in [-0.3, -0.25) is 9.82 Å². The number of nitrogens with zero attached hydrogens (tertiary/aromatic N) is 2. The summed E-state index contributed by atoms with van der Waals surface area (Å²) in [6.45, 7) is 1.50. The molecule has 18 heavy (non-hydrogen) atoms. The molecule has 9 heteroatoms. The number of hydrogen-bond acceptors (Lipinski definition) is 4. The summed E-state index contributed by atoms with van der Waals surface area (Å²) in [6, 6.07) is 2.99. The van der Waals surface area contributed by atoms with Crippen molar-refractivity contribution in [2.45, 2.75) is 12.1 Å². The number of para-hydroxylation sites is 1. The van der Waals surface area contributed by atoms with E-state index in [2.05, 4.69) is 15.2 Å². The standard InChI is InChI=1S/C9H8F2N4O2S/c1-5-12-9(14-13-5)18(16,17)15-8-6(10)3-2-4-7(8)11/h2-4,15H,1H3,(H,12,13,14). The number of aryl methyl sites for hydroxylation is 1. The van der Waals surface area contributed by atoms with E-state index in [1.165, 1.54) is 6.92 Å². The average Bonchev–Trinajstić information content (AvgIpc) is 2.71. The van der Waals surface area contributed by atoms with E-state index in [0.29, 0.717) is 0 Å². The Labute approximate surface area is 101 Å². The third kappa shape index (κ3) is 2.30. The monoisotopic (exact) mass is 274 g/mol. The topological polar surface area (TPSA) is 87.7 Å². The number of aromatic amines is 1. The number of anilines is 1. The van der Waals surface area contributed by atoms with Crippen LogP contribution in [0.1, 0.15) is 5.82 Å². The van der Waals surface area contributed by atoms with E-state index in [1.54, 1.807) is 4.72 Å². The number of benzene rings is 1. The summed E-state index contributed by atoms with van der Waals surface area (Å²) in [7, 11) is -4.22. The van der Waals surface area contributed by atoms with Crippen molar-refractivity contribution in [1.29, 1.82) is 0 Å². The minimum absolute atomic E-state index is 0.268. The van der Waals surface area contributed by atoms with Gasteiger partial charge in [0.2, 0.25) is 0 Å². The van der Waals surface area contributed by atoms with Crippen molar-refractivity contribution in [2.75, 3.05) is 4.72 Å². The molecule has 6 nitrogen and oxygen atoms in total. The van der Waals surface area contributed by atoms with E-state index in [1.807, 2.05) is 0 Å². The Morgan fingerprint density at radius 2 is 1.89 bits per heavy atom. The van der Waals surface area contributed by atoms with Crippen molar-refractivity contribution in [2.24, 2.45) is 0 Å². The van der Waals surface area contributed by atoms with Crippen LogP contribution in [0.25, 0.3) is 0 Å². The number of H-pyrrole nitrogens is 1. The Morgan fingerprint density at radius 3 is 2.39 bits per heavy atom. The Kier molecular flexibility index (Phi) is 2.99. The molecule has 0 bridgehead atoms. The van der Waals surface area contributed by atoms with Gasteiger partial charge < -0.3 is 0 Å². The van der Waals surface area contributed by atoms with Gasteiger partial charge in [-0.1, -0.05) is 6.07 Å². The van der Waals surface area contributed by atoms with Gasteiger partial charge in [0.25, 0.3) is 15.2 Å². The van der Waals surface area contributed by atoms with Crippen LogP contribution in [0.5, 0.6) is 0 Å². The van der Waals surface area contributed by atoms with E-state index < -0.39 is 32.5 Å². The smallest absolute Gasteiger partial charge is 0.271 e. The molecule has 2 aromatic rings. The van der Waals surface area contributed by atoms with Crippen LogP contribution in [0.4, 0.5) is 14.5 Å². The molecule has 1 heterocycles. The summed E-state index contributed by atoms with van der Waals surface area (Å²) in [6.07, 6.45) is 0. The number of hydrogen-bond donors (Lipinski definition) is 2. The fraction of sp³-hybridized carbons (Fsp3) is 0.111. The normalized spacial score (nSPS) is 11.5. The first-order chi connectivity index (χ1) is 8.40. The number of sulfonamides is 1. The van der Waals surface area contributed by atoms with E-state index in [0.717, 1.165) is 18.2 Å². The minimum atomic E-state index is -4.22. The molecule has 1 aromatic heterocycles. The second-order valence-electron chi connectivity index (χ2n) is 3.41. The van der Waals surface area contributed by atoms with Crippen LogP contribution in [0.15, 0.2) is 23.4 Å². The Balaban J connectivity index is 2.40. The van der Waals surface area contributed by atoms with Gasteiger partial charge in [0, 0.05) is 0 Å². The van der Waals surface area contributed by atoms with Crippen molar-refractivity contribution in [3.8, 4) is 0 Å². The molecule has 0 saturated carbocycles. The SMILES string of the molecule is Cc1nc(S(=O)(=O)Nc2c(F)cccc2F)n[nH]1. The summed E-state index contributed by atoms with van der Waals surface area (Å²) in [5, 5.41) is 5.15. The molecule has 1 aromatic carbocycles. The summed E-state index contributed by atoms with van der Waals surface area (Å²) in [5.74, 6) is -1.78. The Morgan fingerprint density at radius 1 is 1.28 bits per heavy atom. The average molecular weight is 274 g/mol. The summed E-state index contributed by atoms with van der Waals surface area (Å²) < 4.78 is 51.8. The van der Waals surface area contributed by atoms with Gasteiger partial charge in [-0.15, -0.1) is 5.10 Å². The van der Waals surface area contributed by atoms with Crippen LogP contribution in [0, 0.1) is 18.6 Å². The van der Waals surface area contributed by atoms with E-state index in [-0.39, 0.29) is 5.82 Å². The molecule has 0 fully saturated rings. The predicted octanol–water partition coefficient (Wildman–Crippen LogP) is 1.19. The van der Waals surface area contributed by atoms with Gasteiger partial charge in [0.05, 0.1) is 0 Å². The molecule has 0 spiro atoms. The Hall–Kier alpha value is -2.03. The molecule has 0 atom stereocenters. The highest BCUT2D eigenvalue weighted by atomic mass is 32.2. The zero-order valence-electron chi connectivity index (χ0n) is 9.11. The van der Waals surface area contributed by atoms with Crippen molar-refractivity contribution in [3.63, 3.8) is 0 Å². The first-order valence-electron chi connectivity index (χ1n) is 4.76. The van der Waals surface area contributed by atoms with Crippen LogP contribution in [0.2, 0.25) is 0 Å². The number of halogens is 2. The highest BCUT2D eigenvalue weighted by Crippen LogP contribution is 2.20. The summed E-state index contributed by atoms with van der Waals surface area (Å²) in [4.78, 5) is 3.58. The van der Waals surface area contributed by atoms with E-state index in [9.17, 15) is 17.2 Å². The first-order valence-corrected chi connectivity index (χ1v) is 6.24. The van der Waals surface area contributed by atoms with Crippen LogP contribution in [0.3, 0.4) is 0 Å². The van der Waals surface area contributed by atoms with Gasteiger partial charge in [0.1, 0.15) is 23.1 Å². The third-order valence-electron chi connectivity index (χ3n) is 2.02. The lowest BCUT2D eigenvalue weighted by atomic mass is 10.3. The molecule has 0 unspecified atom stereocenters. The van der Waals surface area contributed by atoms with Crippen LogP contribution in [-0.2, 0) is 10.0 Å². The maximum atomic E-state index is 13.3. The lowest BCUT2D eigenvalue weighted by molar-refractivity contribution is 0.579. The van der Waals surface area contributed by atoms with Gasteiger partial charge in [-0.25, -0.2) is 13.8 Å².